The molecule has 1 aliphatic heterocycles. The second-order valence-corrected chi connectivity index (χ2v) is 7.10. The number of amides is 1. The summed E-state index contributed by atoms with van der Waals surface area (Å²) in [5.74, 6) is 0.917. The van der Waals surface area contributed by atoms with Crippen molar-refractivity contribution in [3.63, 3.8) is 0 Å². The minimum atomic E-state index is 0.0953. The van der Waals surface area contributed by atoms with Gasteiger partial charge in [-0.25, -0.2) is 4.98 Å². The first-order valence-electron chi connectivity index (χ1n) is 7.72. The fourth-order valence-electron chi connectivity index (χ4n) is 2.85. The quantitative estimate of drug-likeness (QED) is 0.916. The number of fused-ring (bicyclic) bond motifs is 1. The largest absolute Gasteiger partial charge is 0.326 e. The lowest BCUT2D eigenvalue weighted by molar-refractivity contribution is -0.120. The van der Waals surface area contributed by atoms with E-state index in [2.05, 4.69) is 21.7 Å². The molecule has 1 unspecified atom stereocenters. The summed E-state index contributed by atoms with van der Waals surface area (Å²) >= 11 is 1.77. The Morgan fingerprint density at radius 2 is 2.24 bits per heavy atom. The van der Waals surface area contributed by atoms with Crippen LogP contribution in [0.4, 0.5) is 5.69 Å². The van der Waals surface area contributed by atoms with Gasteiger partial charge >= 0.3 is 0 Å². The predicted octanol–water partition coefficient (Wildman–Crippen LogP) is 3.11. The van der Waals surface area contributed by atoms with E-state index in [9.17, 15) is 4.79 Å². The number of anilines is 1. The van der Waals surface area contributed by atoms with E-state index >= 15 is 0 Å². The van der Waals surface area contributed by atoms with Crippen molar-refractivity contribution in [3.05, 3.63) is 23.2 Å². The molecule has 2 heterocycles. The Labute approximate surface area is 128 Å². The van der Waals surface area contributed by atoms with Crippen LogP contribution in [0.5, 0.6) is 0 Å². The number of benzene rings is 1. The van der Waals surface area contributed by atoms with Gasteiger partial charge in [0.25, 0.3) is 0 Å². The zero-order valence-electron chi connectivity index (χ0n) is 11.9. The summed E-state index contributed by atoms with van der Waals surface area (Å²) in [4.78, 5) is 16.9. The Balaban J connectivity index is 1.51. The lowest BCUT2D eigenvalue weighted by Gasteiger charge is -2.21. The van der Waals surface area contributed by atoms with Crippen LogP contribution in [0.2, 0.25) is 0 Å². The molecular formula is C16H19N3OS. The van der Waals surface area contributed by atoms with E-state index in [0.29, 0.717) is 5.92 Å². The first-order valence-corrected chi connectivity index (χ1v) is 8.53. The highest BCUT2D eigenvalue weighted by atomic mass is 32.1. The van der Waals surface area contributed by atoms with Crippen molar-refractivity contribution in [1.29, 1.82) is 0 Å². The van der Waals surface area contributed by atoms with Gasteiger partial charge in [-0.1, -0.05) is 0 Å². The summed E-state index contributed by atoms with van der Waals surface area (Å²) in [6.07, 6.45) is 4.61. The second-order valence-electron chi connectivity index (χ2n) is 6.04. The Morgan fingerprint density at radius 1 is 1.33 bits per heavy atom. The number of hydrogen-bond acceptors (Lipinski definition) is 4. The number of aromatic nitrogens is 1. The Kier molecular flexibility index (Phi) is 3.39. The highest BCUT2D eigenvalue weighted by molar-refractivity contribution is 7.18. The molecule has 0 spiro atoms. The molecule has 2 aromatic rings. The van der Waals surface area contributed by atoms with Crippen LogP contribution in [0.25, 0.3) is 10.2 Å². The maximum Gasteiger partial charge on any atom is 0.228 e. The zero-order chi connectivity index (χ0) is 14.2. The lowest BCUT2D eigenvalue weighted by Crippen LogP contribution is -2.37. The average molecular weight is 301 g/mol. The number of hydrogen-bond donors (Lipinski definition) is 2. The molecule has 0 bridgehead atoms. The molecule has 5 heteroatoms. The van der Waals surface area contributed by atoms with Crippen LogP contribution >= 0.6 is 11.3 Å². The van der Waals surface area contributed by atoms with Gasteiger partial charge < -0.3 is 10.6 Å². The molecule has 4 nitrogen and oxygen atoms in total. The van der Waals surface area contributed by atoms with E-state index in [1.165, 1.54) is 22.5 Å². The number of rotatable bonds is 3. The first-order chi connectivity index (χ1) is 10.3. The van der Waals surface area contributed by atoms with Gasteiger partial charge in [0.2, 0.25) is 5.91 Å². The molecule has 2 aliphatic rings. The van der Waals surface area contributed by atoms with Crippen molar-refractivity contribution >= 4 is 33.1 Å². The molecule has 110 valence electrons. The molecule has 1 saturated heterocycles. The molecule has 0 radical (unpaired) electrons. The smallest absolute Gasteiger partial charge is 0.228 e. The molecule has 1 aromatic heterocycles. The van der Waals surface area contributed by atoms with Crippen molar-refractivity contribution in [2.75, 3.05) is 18.4 Å². The SMILES string of the molecule is O=C(Nc1ccc2nc(C3CC3)sc2c1)C1CCCNC1. The van der Waals surface area contributed by atoms with Crippen molar-refractivity contribution in [3.8, 4) is 0 Å². The second kappa shape index (κ2) is 5.39. The van der Waals surface area contributed by atoms with Gasteiger partial charge in [0, 0.05) is 18.2 Å². The van der Waals surface area contributed by atoms with Gasteiger partial charge in [-0.2, -0.15) is 0 Å². The van der Waals surface area contributed by atoms with Gasteiger partial charge in [-0.15, -0.1) is 11.3 Å². The van der Waals surface area contributed by atoms with Crippen LogP contribution in [-0.2, 0) is 4.79 Å². The highest BCUT2D eigenvalue weighted by Crippen LogP contribution is 2.43. The molecule has 1 atom stereocenters. The summed E-state index contributed by atoms with van der Waals surface area (Å²) in [5, 5.41) is 7.60. The molecule has 4 rings (SSSR count). The summed E-state index contributed by atoms with van der Waals surface area (Å²) in [5.41, 5.74) is 1.95. The third kappa shape index (κ3) is 2.80. The van der Waals surface area contributed by atoms with Crippen molar-refractivity contribution in [1.82, 2.24) is 10.3 Å². The Hall–Kier alpha value is -1.46. The molecule has 1 aliphatic carbocycles. The van der Waals surface area contributed by atoms with Crippen molar-refractivity contribution in [2.45, 2.75) is 31.6 Å². The third-order valence-corrected chi connectivity index (χ3v) is 5.45. The summed E-state index contributed by atoms with van der Waals surface area (Å²) in [6, 6.07) is 6.05. The lowest BCUT2D eigenvalue weighted by atomic mass is 9.99. The first kappa shape index (κ1) is 13.2. The maximum absolute atomic E-state index is 12.3. The van der Waals surface area contributed by atoms with Crippen LogP contribution in [0.1, 0.15) is 36.6 Å². The minimum Gasteiger partial charge on any atom is -0.326 e. The van der Waals surface area contributed by atoms with E-state index in [4.69, 9.17) is 0 Å². The molecule has 21 heavy (non-hydrogen) atoms. The molecular weight excluding hydrogens is 282 g/mol. The van der Waals surface area contributed by atoms with Crippen LogP contribution < -0.4 is 10.6 Å². The normalized spacial score (nSPS) is 22.4. The summed E-state index contributed by atoms with van der Waals surface area (Å²) in [7, 11) is 0. The third-order valence-electron chi connectivity index (χ3n) is 4.27. The van der Waals surface area contributed by atoms with Gasteiger partial charge in [0.05, 0.1) is 21.1 Å². The van der Waals surface area contributed by atoms with Gasteiger partial charge in [-0.3, -0.25) is 4.79 Å². The van der Waals surface area contributed by atoms with Crippen LogP contribution in [0.15, 0.2) is 18.2 Å². The fraction of sp³-hybridized carbons (Fsp3) is 0.500. The number of piperidine rings is 1. The number of nitrogens with zero attached hydrogens (tertiary/aromatic N) is 1. The number of nitrogens with one attached hydrogen (secondary N) is 2. The molecule has 1 amide bonds. The highest BCUT2D eigenvalue weighted by Gasteiger charge is 2.27. The molecule has 2 fully saturated rings. The van der Waals surface area contributed by atoms with Crippen LogP contribution in [-0.4, -0.2) is 24.0 Å². The van der Waals surface area contributed by atoms with E-state index < -0.39 is 0 Å². The van der Waals surface area contributed by atoms with Crippen LogP contribution in [0.3, 0.4) is 0 Å². The van der Waals surface area contributed by atoms with E-state index in [0.717, 1.165) is 37.1 Å². The van der Waals surface area contributed by atoms with E-state index in [1.807, 2.05) is 12.1 Å². The zero-order valence-corrected chi connectivity index (χ0v) is 12.7. The van der Waals surface area contributed by atoms with Gasteiger partial charge in [-0.05, 0) is 50.4 Å². The maximum atomic E-state index is 12.3. The van der Waals surface area contributed by atoms with E-state index in [1.54, 1.807) is 11.3 Å². The molecule has 1 saturated carbocycles. The van der Waals surface area contributed by atoms with Gasteiger partial charge in [0.15, 0.2) is 0 Å². The average Bonchev–Trinajstić information content (AvgIpc) is 3.28. The molecule has 2 N–H and O–H groups in total. The topological polar surface area (TPSA) is 54.0 Å². The molecule has 1 aromatic carbocycles. The minimum absolute atomic E-state index is 0.0953. The monoisotopic (exact) mass is 301 g/mol. The Bertz CT molecular complexity index is 671. The Morgan fingerprint density at radius 3 is 3.00 bits per heavy atom. The predicted molar refractivity (Wildman–Crippen MR) is 85.8 cm³/mol. The standard InChI is InChI=1S/C16H19N3OS/c20-15(11-2-1-7-17-9-11)18-12-5-6-13-14(8-12)21-16(19-13)10-3-4-10/h5-6,8,10-11,17H,1-4,7,9H2,(H,18,20). The van der Waals surface area contributed by atoms with E-state index in [-0.39, 0.29) is 11.8 Å². The fourth-order valence-corrected chi connectivity index (χ4v) is 4.02. The van der Waals surface area contributed by atoms with Crippen molar-refractivity contribution < 1.29 is 4.79 Å². The number of carbonyl (C=O) groups excluding carboxylic acids is 1. The number of thiazole rings is 1. The summed E-state index contributed by atoms with van der Waals surface area (Å²) in [6.45, 7) is 1.82. The van der Waals surface area contributed by atoms with Crippen molar-refractivity contribution in [2.24, 2.45) is 5.92 Å². The van der Waals surface area contributed by atoms with Crippen LogP contribution in [0, 0.1) is 5.92 Å². The van der Waals surface area contributed by atoms with Gasteiger partial charge in [0.1, 0.15) is 0 Å². The number of carbonyl (C=O) groups is 1. The summed E-state index contributed by atoms with van der Waals surface area (Å²) < 4.78 is 1.18.